The van der Waals surface area contributed by atoms with Crippen molar-refractivity contribution in [2.45, 2.75) is 31.6 Å². The zero-order chi connectivity index (χ0) is 12.3. The molecule has 17 heavy (non-hydrogen) atoms. The van der Waals surface area contributed by atoms with Crippen molar-refractivity contribution in [3.8, 4) is 0 Å². The Kier molecular flexibility index (Phi) is 3.95. The van der Waals surface area contributed by atoms with Crippen LogP contribution in [0.3, 0.4) is 0 Å². The number of hydrogen-bond donors (Lipinski definition) is 0. The van der Waals surface area contributed by atoms with Crippen LogP contribution in [0.4, 0.5) is 0 Å². The van der Waals surface area contributed by atoms with Crippen molar-refractivity contribution in [3.05, 3.63) is 35.4 Å². The lowest BCUT2D eigenvalue weighted by Crippen LogP contribution is -2.14. The second-order valence-corrected chi connectivity index (χ2v) is 5.18. The molecule has 0 amide bonds. The van der Waals surface area contributed by atoms with Crippen LogP contribution in [-0.2, 0) is 4.79 Å². The highest BCUT2D eigenvalue weighted by atomic mass is 16.1. The maximum atomic E-state index is 10.7. The van der Waals surface area contributed by atoms with Crippen LogP contribution in [0.5, 0.6) is 0 Å². The summed E-state index contributed by atoms with van der Waals surface area (Å²) in [4.78, 5) is 13.0. The summed E-state index contributed by atoms with van der Waals surface area (Å²) in [6.07, 6.45) is 2.89. The van der Waals surface area contributed by atoms with Crippen molar-refractivity contribution in [1.29, 1.82) is 0 Å². The van der Waals surface area contributed by atoms with Gasteiger partial charge in [0.25, 0.3) is 0 Å². The van der Waals surface area contributed by atoms with Crippen molar-refractivity contribution >= 4 is 6.29 Å². The van der Waals surface area contributed by atoms with Gasteiger partial charge in [0.2, 0.25) is 0 Å². The monoisotopic (exact) mass is 231 g/mol. The van der Waals surface area contributed by atoms with Gasteiger partial charge in [-0.1, -0.05) is 31.2 Å². The van der Waals surface area contributed by atoms with Gasteiger partial charge in [-0.3, -0.25) is 0 Å². The summed E-state index contributed by atoms with van der Waals surface area (Å²) in [5, 5.41) is 0. The molecule has 2 unspecified atom stereocenters. The molecular weight excluding hydrogens is 210 g/mol. The third-order valence-electron chi connectivity index (χ3n) is 3.81. The number of hydrogen-bond acceptors (Lipinski definition) is 2. The van der Waals surface area contributed by atoms with Crippen LogP contribution in [0.15, 0.2) is 24.3 Å². The number of nitrogens with zero attached hydrogens (tertiary/aromatic N) is 1. The molecule has 2 heteroatoms. The number of aldehydes is 1. The summed E-state index contributed by atoms with van der Waals surface area (Å²) < 4.78 is 0. The van der Waals surface area contributed by atoms with E-state index >= 15 is 0 Å². The predicted molar refractivity (Wildman–Crippen MR) is 70.4 cm³/mol. The Hall–Kier alpha value is -1.15. The molecule has 0 aliphatic carbocycles. The first-order valence-electron chi connectivity index (χ1n) is 6.43. The fourth-order valence-electron chi connectivity index (χ4n) is 2.79. The summed E-state index contributed by atoms with van der Waals surface area (Å²) in [6, 6.07) is 8.62. The molecule has 92 valence electrons. The molecule has 1 aliphatic heterocycles. The Labute approximate surface area is 104 Å². The highest BCUT2D eigenvalue weighted by Gasteiger charge is 2.24. The zero-order valence-electron chi connectivity index (χ0n) is 10.7. The van der Waals surface area contributed by atoms with Crippen LogP contribution in [0.2, 0.25) is 0 Å². The fourth-order valence-corrected chi connectivity index (χ4v) is 2.79. The maximum absolute atomic E-state index is 10.7. The molecule has 1 aliphatic rings. The van der Waals surface area contributed by atoms with Crippen molar-refractivity contribution in [2.24, 2.45) is 0 Å². The van der Waals surface area contributed by atoms with Crippen LogP contribution < -0.4 is 0 Å². The van der Waals surface area contributed by atoms with Crippen LogP contribution in [0.25, 0.3) is 0 Å². The first-order valence-corrected chi connectivity index (χ1v) is 6.43. The summed E-state index contributed by atoms with van der Waals surface area (Å²) in [5.41, 5.74) is 2.81. The second kappa shape index (κ2) is 5.46. The zero-order valence-corrected chi connectivity index (χ0v) is 10.7. The highest BCUT2D eigenvalue weighted by molar-refractivity contribution is 5.52. The molecular formula is C15H21NO. The first-order chi connectivity index (χ1) is 8.22. The molecule has 1 aromatic carbocycles. The van der Waals surface area contributed by atoms with E-state index in [4.69, 9.17) is 0 Å². The highest BCUT2D eigenvalue weighted by Crippen LogP contribution is 2.32. The van der Waals surface area contributed by atoms with E-state index in [-0.39, 0.29) is 0 Å². The standard InChI is InChI=1S/C15H21NO/c1-12(8-10-17)14-5-3-4-6-15(14)13-7-9-16(2)11-13/h3-6,10,12-13H,7-9,11H2,1-2H3. The minimum atomic E-state index is 0.342. The molecule has 0 saturated carbocycles. The summed E-state index contributed by atoms with van der Waals surface area (Å²) in [6.45, 7) is 4.47. The molecule has 1 saturated heterocycles. The molecule has 0 bridgehead atoms. The van der Waals surface area contributed by atoms with E-state index in [1.165, 1.54) is 24.1 Å². The minimum Gasteiger partial charge on any atom is -0.306 e. The van der Waals surface area contributed by atoms with Crippen LogP contribution in [0.1, 0.15) is 42.7 Å². The van der Waals surface area contributed by atoms with E-state index < -0.39 is 0 Å². The van der Waals surface area contributed by atoms with Gasteiger partial charge in [-0.25, -0.2) is 0 Å². The fraction of sp³-hybridized carbons (Fsp3) is 0.533. The van der Waals surface area contributed by atoms with Crippen LogP contribution in [-0.4, -0.2) is 31.3 Å². The lowest BCUT2D eigenvalue weighted by atomic mass is 9.86. The second-order valence-electron chi connectivity index (χ2n) is 5.18. The minimum absolute atomic E-state index is 0.342. The summed E-state index contributed by atoms with van der Waals surface area (Å²) in [5.74, 6) is 0.986. The first kappa shape index (κ1) is 12.3. The van der Waals surface area contributed by atoms with E-state index in [9.17, 15) is 4.79 Å². The SMILES string of the molecule is CC(CC=O)c1ccccc1C1CCN(C)C1. The van der Waals surface area contributed by atoms with E-state index in [1.807, 2.05) is 0 Å². The van der Waals surface area contributed by atoms with Crippen molar-refractivity contribution < 1.29 is 4.79 Å². The van der Waals surface area contributed by atoms with Gasteiger partial charge in [0, 0.05) is 13.0 Å². The van der Waals surface area contributed by atoms with Gasteiger partial charge in [0.1, 0.15) is 6.29 Å². The predicted octanol–water partition coefficient (Wildman–Crippen LogP) is 2.80. The molecule has 0 radical (unpaired) electrons. The van der Waals surface area contributed by atoms with Gasteiger partial charge in [0.15, 0.2) is 0 Å². The number of carbonyl (C=O) groups excluding carboxylic acids is 1. The Morgan fingerprint density at radius 1 is 1.47 bits per heavy atom. The van der Waals surface area contributed by atoms with E-state index in [0.29, 0.717) is 18.3 Å². The van der Waals surface area contributed by atoms with E-state index in [1.54, 1.807) is 0 Å². The quantitative estimate of drug-likeness (QED) is 0.743. The van der Waals surface area contributed by atoms with Crippen LogP contribution in [0, 0.1) is 0 Å². The number of benzene rings is 1. The molecule has 1 fully saturated rings. The largest absolute Gasteiger partial charge is 0.306 e. The average molecular weight is 231 g/mol. The molecule has 1 heterocycles. The molecule has 0 N–H and O–H groups in total. The maximum Gasteiger partial charge on any atom is 0.120 e. The smallest absolute Gasteiger partial charge is 0.120 e. The number of rotatable bonds is 4. The number of carbonyl (C=O) groups is 1. The normalized spacial score (nSPS) is 22.6. The summed E-state index contributed by atoms with van der Waals surface area (Å²) >= 11 is 0. The van der Waals surface area contributed by atoms with Crippen molar-refractivity contribution in [2.75, 3.05) is 20.1 Å². The number of likely N-dealkylation sites (N-methyl/N-ethyl adjacent to an activating group) is 1. The van der Waals surface area contributed by atoms with E-state index in [2.05, 4.69) is 43.1 Å². The lowest BCUT2D eigenvalue weighted by molar-refractivity contribution is -0.108. The Bertz CT molecular complexity index is 388. The average Bonchev–Trinajstić information content (AvgIpc) is 2.76. The molecule has 2 atom stereocenters. The Morgan fingerprint density at radius 3 is 2.88 bits per heavy atom. The van der Waals surface area contributed by atoms with E-state index in [0.717, 1.165) is 12.8 Å². The Morgan fingerprint density at radius 2 is 2.24 bits per heavy atom. The molecule has 2 nitrogen and oxygen atoms in total. The Balaban J connectivity index is 2.24. The third-order valence-corrected chi connectivity index (χ3v) is 3.81. The van der Waals surface area contributed by atoms with Gasteiger partial charge >= 0.3 is 0 Å². The molecule has 0 aromatic heterocycles. The molecule has 0 spiro atoms. The van der Waals surface area contributed by atoms with Crippen molar-refractivity contribution in [3.63, 3.8) is 0 Å². The third kappa shape index (κ3) is 2.75. The van der Waals surface area contributed by atoms with Gasteiger partial charge < -0.3 is 9.69 Å². The topological polar surface area (TPSA) is 20.3 Å². The van der Waals surface area contributed by atoms with Gasteiger partial charge in [-0.15, -0.1) is 0 Å². The lowest BCUT2D eigenvalue weighted by Gasteiger charge is -2.19. The van der Waals surface area contributed by atoms with Crippen LogP contribution >= 0.6 is 0 Å². The summed E-state index contributed by atoms with van der Waals surface area (Å²) in [7, 11) is 2.18. The van der Waals surface area contributed by atoms with Crippen molar-refractivity contribution in [1.82, 2.24) is 4.90 Å². The van der Waals surface area contributed by atoms with Gasteiger partial charge in [-0.05, 0) is 43.0 Å². The number of likely N-dealkylation sites (tertiary alicyclic amines) is 1. The molecule has 1 aromatic rings. The molecule has 2 rings (SSSR count). The van der Waals surface area contributed by atoms with Gasteiger partial charge in [-0.2, -0.15) is 0 Å². The van der Waals surface area contributed by atoms with Gasteiger partial charge in [0.05, 0.1) is 0 Å².